The lowest BCUT2D eigenvalue weighted by atomic mass is 10.0. The number of aromatic amines is 2. The third-order valence-corrected chi connectivity index (χ3v) is 4.79. The van der Waals surface area contributed by atoms with Crippen molar-refractivity contribution >= 4 is 11.6 Å². The first kappa shape index (κ1) is 17.5. The summed E-state index contributed by atoms with van der Waals surface area (Å²) in [6.07, 6.45) is 1.65. The van der Waals surface area contributed by atoms with Crippen LogP contribution in [0.25, 0.3) is 11.3 Å². The number of rotatable bonds is 3. The van der Waals surface area contributed by atoms with E-state index in [0.29, 0.717) is 18.1 Å². The molecule has 0 bridgehead atoms. The molecule has 2 atom stereocenters. The van der Waals surface area contributed by atoms with Crippen LogP contribution >= 0.6 is 11.6 Å². The Morgan fingerprint density at radius 2 is 1.67 bits per heavy atom. The molecule has 0 amide bonds. The number of nitrogens with zero attached hydrogens (tertiary/aromatic N) is 2. The number of halogens is 4. The zero-order valence-corrected chi connectivity index (χ0v) is 14.1. The number of hydrogen-bond acceptors (Lipinski definition) is 4. The standard InChI is InChI=1S/C17H10ClF3N4O2/c18-15-9(3-14(24-25-15)10-5-22-17(27)23-16(10)26)7-1-6(7)8-2-12(20)13(21)4-11(8)19/h2-7H,1H2,(H2,22,23,26,27). The van der Waals surface area contributed by atoms with Gasteiger partial charge in [0, 0.05) is 12.3 Å². The second-order valence-electron chi connectivity index (χ2n) is 6.20. The Morgan fingerprint density at radius 1 is 0.963 bits per heavy atom. The van der Waals surface area contributed by atoms with Gasteiger partial charge in [0.15, 0.2) is 16.8 Å². The highest BCUT2D eigenvalue weighted by Crippen LogP contribution is 2.56. The fourth-order valence-electron chi connectivity index (χ4n) is 3.09. The molecule has 0 aliphatic heterocycles. The highest BCUT2D eigenvalue weighted by Gasteiger charge is 2.43. The summed E-state index contributed by atoms with van der Waals surface area (Å²) in [5.41, 5.74) is -0.515. The van der Waals surface area contributed by atoms with Gasteiger partial charge in [-0.1, -0.05) is 11.6 Å². The Hall–Kier alpha value is -2.94. The number of nitrogens with one attached hydrogen (secondary N) is 2. The summed E-state index contributed by atoms with van der Waals surface area (Å²) in [6.45, 7) is 0. The van der Waals surface area contributed by atoms with Crippen molar-refractivity contribution in [3.8, 4) is 11.3 Å². The molecule has 0 spiro atoms. The maximum Gasteiger partial charge on any atom is 0.325 e. The minimum atomic E-state index is -1.25. The Bertz CT molecular complexity index is 1180. The lowest BCUT2D eigenvalue weighted by Gasteiger charge is -2.07. The van der Waals surface area contributed by atoms with E-state index < -0.39 is 34.6 Å². The van der Waals surface area contributed by atoms with Gasteiger partial charge in [0.05, 0.1) is 5.56 Å². The summed E-state index contributed by atoms with van der Waals surface area (Å²) in [7, 11) is 0. The summed E-state index contributed by atoms with van der Waals surface area (Å²) in [4.78, 5) is 27.5. The maximum absolute atomic E-state index is 14.0. The third-order valence-electron chi connectivity index (χ3n) is 4.50. The van der Waals surface area contributed by atoms with Crippen LogP contribution in [0.1, 0.15) is 29.4 Å². The van der Waals surface area contributed by atoms with Gasteiger partial charge in [0.1, 0.15) is 11.5 Å². The minimum absolute atomic E-state index is 0.0511. The van der Waals surface area contributed by atoms with Crippen LogP contribution in [-0.2, 0) is 0 Å². The van der Waals surface area contributed by atoms with Crippen molar-refractivity contribution in [3.63, 3.8) is 0 Å². The first-order chi connectivity index (χ1) is 12.8. The Labute approximate surface area is 154 Å². The van der Waals surface area contributed by atoms with Crippen molar-refractivity contribution in [1.29, 1.82) is 0 Å². The van der Waals surface area contributed by atoms with E-state index in [-0.39, 0.29) is 27.9 Å². The number of hydrogen-bond donors (Lipinski definition) is 2. The highest BCUT2D eigenvalue weighted by molar-refractivity contribution is 6.30. The summed E-state index contributed by atoms with van der Waals surface area (Å²) >= 11 is 6.09. The average molecular weight is 395 g/mol. The lowest BCUT2D eigenvalue weighted by Crippen LogP contribution is -2.23. The number of benzene rings is 1. The number of H-pyrrole nitrogens is 2. The summed E-state index contributed by atoms with van der Waals surface area (Å²) in [5.74, 6) is -3.90. The average Bonchev–Trinajstić information content (AvgIpc) is 3.39. The molecule has 6 nitrogen and oxygen atoms in total. The van der Waals surface area contributed by atoms with Gasteiger partial charge in [-0.15, -0.1) is 10.2 Å². The molecule has 138 valence electrons. The van der Waals surface area contributed by atoms with Crippen LogP contribution in [0.3, 0.4) is 0 Å². The summed E-state index contributed by atoms with van der Waals surface area (Å²) in [6, 6.07) is 2.86. The van der Waals surface area contributed by atoms with Gasteiger partial charge >= 0.3 is 5.69 Å². The van der Waals surface area contributed by atoms with Crippen LogP contribution in [0.4, 0.5) is 13.2 Å². The zero-order valence-electron chi connectivity index (χ0n) is 13.4. The van der Waals surface area contributed by atoms with Crippen LogP contribution in [0.5, 0.6) is 0 Å². The van der Waals surface area contributed by atoms with E-state index in [2.05, 4.69) is 20.2 Å². The van der Waals surface area contributed by atoms with Gasteiger partial charge in [0.25, 0.3) is 5.56 Å². The predicted octanol–water partition coefficient (Wildman–Crippen LogP) is 2.86. The smallest absolute Gasteiger partial charge is 0.313 e. The van der Waals surface area contributed by atoms with Crippen molar-refractivity contribution in [2.24, 2.45) is 0 Å². The minimum Gasteiger partial charge on any atom is -0.313 e. The summed E-state index contributed by atoms with van der Waals surface area (Å²) < 4.78 is 40.6. The zero-order chi connectivity index (χ0) is 19.3. The fourth-order valence-corrected chi connectivity index (χ4v) is 3.32. The molecule has 1 saturated carbocycles. The molecular weight excluding hydrogens is 385 g/mol. The van der Waals surface area contributed by atoms with Gasteiger partial charge in [-0.25, -0.2) is 18.0 Å². The van der Waals surface area contributed by atoms with Crippen LogP contribution < -0.4 is 11.2 Å². The second-order valence-corrected chi connectivity index (χ2v) is 6.56. The van der Waals surface area contributed by atoms with Gasteiger partial charge in [-0.2, -0.15) is 0 Å². The quantitative estimate of drug-likeness (QED) is 0.668. The Morgan fingerprint density at radius 3 is 2.41 bits per heavy atom. The van der Waals surface area contributed by atoms with Crippen molar-refractivity contribution in [1.82, 2.24) is 20.2 Å². The van der Waals surface area contributed by atoms with Crippen LogP contribution in [-0.4, -0.2) is 20.2 Å². The molecule has 10 heteroatoms. The van der Waals surface area contributed by atoms with Gasteiger partial charge in [-0.05, 0) is 41.5 Å². The molecule has 2 unspecified atom stereocenters. The number of aromatic nitrogens is 4. The van der Waals surface area contributed by atoms with Gasteiger partial charge in [-0.3, -0.25) is 9.78 Å². The first-order valence-electron chi connectivity index (χ1n) is 7.85. The van der Waals surface area contributed by atoms with Crippen LogP contribution in [0, 0.1) is 17.5 Å². The first-order valence-corrected chi connectivity index (χ1v) is 8.23. The van der Waals surface area contributed by atoms with E-state index in [4.69, 9.17) is 11.6 Å². The van der Waals surface area contributed by atoms with Crippen LogP contribution in [0.2, 0.25) is 5.15 Å². The third kappa shape index (κ3) is 3.14. The fraction of sp³-hybridized carbons (Fsp3) is 0.176. The largest absolute Gasteiger partial charge is 0.325 e. The summed E-state index contributed by atoms with van der Waals surface area (Å²) in [5, 5.41) is 7.71. The molecule has 0 saturated heterocycles. The molecule has 1 aliphatic carbocycles. The second kappa shape index (κ2) is 6.34. The van der Waals surface area contributed by atoms with E-state index in [0.717, 1.165) is 6.07 Å². The Balaban J connectivity index is 1.71. The molecule has 3 aromatic rings. The molecule has 1 aliphatic rings. The predicted molar refractivity (Wildman–Crippen MR) is 90.1 cm³/mol. The molecule has 4 rings (SSSR count). The van der Waals surface area contributed by atoms with E-state index in [1.807, 2.05) is 0 Å². The van der Waals surface area contributed by atoms with Gasteiger partial charge in [0.2, 0.25) is 0 Å². The van der Waals surface area contributed by atoms with Crippen molar-refractivity contribution in [2.75, 3.05) is 0 Å². The topological polar surface area (TPSA) is 91.5 Å². The maximum atomic E-state index is 14.0. The molecule has 2 N–H and O–H groups in total. The van der Waals surface area contributed by atoms with E-state index >= 15 is 0 Å². The van der Waals surface area contributed by atoms with E-state index in [9.17, 15) is 22.8 Å². The Kier molecular flexibility index (Phi) is 4.11. The SMILES string of the molecule is O=c1[nH]cc(-c2cc(C3CC3c3cc(F)c(F)cc3F)c(Cl)nn2)c(=O)[nH]1. The van der Waals surface area contributed by atoms with Crippen molar-refractivity contribution in [2.45, 2.75) is 18.3 Å². The van der Waals surface area contributed by atoms with Crippen molar-refractivity contribution in [3.05, 3.63) is 79.0 Å². The molecule has 27 heavy (non-hydrogen) atoms. The molecule has 1 aromatic carbocycles. The van der Waals surface area contributed by atoms with E-state index in [1.54, 1.807) is 0 Å². The molecule has 1 fully saturated rings. The monoisotopic (exact) mass is 394 g/mol. The molecule has 0 radical (unpaired) electrons. The van der Waals surface area contributed by atoms with Crippen molar-refractivity contribution < 1.29 is 13.2 Å². The van der Waals surface area contributed by atoms with Crippen LogP contribution in [0.15, 0.2) is 34.0 Å². The lowest BCUT2D eigenvalue weighted by molar-refractivity contribution is 0.490. The molecule has 2 aromatic heterocycles. The van der Waals surface area contributed by atoms with E-state index in [1.165, 1.54) is 12.3 Å². The highest BCUT2D eigenvalue weighted by atomic mass is 35.5. The molecular formula is C17H10ClF3N4O2. The van der Waals surface area contributed by atoms with Gasteiger partial charge < -0.3 is 4.98 Å². The molecule has 2 heterocycles. The normalized spacial score (nSPS) is 18.5.